The van der Waals surface area contributed by atoms with E-state index in [1.807, 2.05) is 83.3 Å². The molecule has 5 aromatic rings. The smallest absolute Gasteiger partial charge is 0.253 e. The zero-order chi connectivity index (χ0) is 23.8. The Morgan fingerprint density at radius 3 is 2.63 bits per heavy atom. The van der Waals surface area contributed by atoms with E-state index in [1.54, 1.807) is 12.1 Å². The fraction of sp³-hybridized carbons (Fsp3) is 0.154. The number of imidazole rings is 1. The third-order valence-corrected chi connectivity index (χ3v) is 7.03. The first-order valence-corrected chi connectivity index (χ1v) is 12.2. The number of carbonyl (C=O) groups is 1. The number of benzene rings is 3. The summed E-state index contributed by atoms with van der Waals surface area (Å²) in [6.07, 6.45) is 0.644. The molecule has 0 bridgehead atoms. The Morgan fingerprint density at radius 1 is 1.06 bits per heavy atom. The Bertz CT molecular complexity index is 1540. The highest BCUT2D eigenvalue weighted by atomic mass is 32.2. The molecule has 3 aromatic carbocycles. The van der Waals surface area contributed by atoms with Crippen LogP contribution in [0, 0.1) is 0 Å². The van der Waals surface area contributed by atoms with Crippen LogP contribution >= 0.6 is 11.8 Å². The molecule has 0 spiro atoms. The number of rotatable bonds is 6. The highest BCUT2D eigenvalue weighted by Gasteiger charge is 2.33. The van der Waals surface area contributed by atoms with Crippen molar-refractivity contribution < 1.29 is 9.53 Å². The minimum absolute atomic E-state index is 0.0812. The predicted octanol–water partition coefficient (Wildman–Crippen LogP) is 4.69. The minimum atomic E-state index is -0.183. The molecule has 174 valence electrons. The number of para-hydroxylation sites is 2. The lowest BCUT2D eigenvalue weighted by atomic mass is 9.98. The lowest BCUT2D eigenvalue weighted by molar-refractivity contribution is -0.130. The van der Waals surface area contributed by atoms with Gasteiger partial charge in [-0.05, 0) is 35.4 Å². The van der Waals surface area contributed by atoms with Gasteiger partial charge in [0.05, 0.1) is 35.6 Å². The van der Waals surface area contributed by atoms with Crippen LogP contribution in [0.25, 0.3) is 16.8 Å². The summed E-state index contributed by atoms with van der Waals surface area (Å²) in [5.41, 5.74) is 4.76. The zero-order valence-corrected chi connectivity index (χ0v) is 19.8. The molecule has 3 heterocycles. The van der Waals surface area contributed by atoms with E-state index in [9.17, 15) is 4.79 Å². The summed E-state index contributed by atoms with van der Waals surface area (Å²) in [7, 11) is 1.64. The van der Waals surface area contributed by atoms with Crippen molar-refractivity contribution in [1.29, 1.82) is 0 Å². The molecule has 0 radical (unpaired) electrons. The standard InChI is InChI=1S/C26H22N6O2S/c1-34-19-13-11-18(12-14-19)23-15-21(17-7-3-2-4-8-17)30-32(23)24(33)16-35-26-29-28-25-27-20-9-5-6-10-22(20)31(25)26/h2-14,23H,15-16H2,1H3,(H,27,28)/t23-/m1/s1. The highest BCUT2D eigenvalue weighted by molar-refractivity contribution is 7.99. The maximum Gasteiger partial charge on any atom is 0.253 e. The van der Waals surface area contributed by atoms with Crippen LogP contribution in [0.5, 0.6) is 5.75 Å². The molecule has 1 atom stereocenters. The van der Waals surface area contributed by atoms with E-state index in [0.717, 1.165) is 33.6 Å². The Balaban J connectivity index is 1.28. The van der Waals surface area contributed by atoms with E-state index in [2.05, 4.69) is 15.2 Å². The Kier molecular flexibility index (Phi) is 5.46. The van der Waals surface area contributed by atoms with Crippen molar-refractivity contribution in [3.63, 3.8) is 0 Å². The van der Waals surface area contributed by atoms with Gasteiger partial charge in [-0.15, -0.1) is 5.10 Å². The van der Waals surface area contributed by atoms with Crippen molar-refractivity contribution in [1.82, 2.24) is 24.6 Å². The van der Waals surface area contributed by atoms with Crippen molar-refractivity contribution >= 4 is 40.2 Å². The summed E-state index contributed by atoms with van der Waals surface area (Å²) >= 11 is 1.37. The molecular weight excluding hydrogens is 460 g/mol. The van der Waals surface area contributed by atoms with Gasteiger partial charge in [0.25, 0.3) is 5.91 Å². The molecule has 8 nitrogen and oxygen atoms in total. The van der Waals surface area contributed by atoms with E-state index in [1.165, 1.54) is 11.8 Å². The van der Waals surface area contributed by atoms with Crippen molar-refractivity contribution in [2.24, 2.45) is 5.10 Å². The number of nitrogens with zero attached hydrogens (tertiary/aromatic N) is 5. The molecule has 0 saturated heterocycles. The molecule has 0 unspecified atom stereocenters. The first-order chi connectivity index (χ1) is 17.2. The molecule has 9 heteroatoms. The first-order valence-electron chi connectivity index (χ1n) is 11.2. The molecule has 1 aliphatic rings. The van der Waals surface area contributed by atoms with E-state index >= 15 is 0 Å². The fourth-order valence-electron chi connectivity index (χ4n) is 4.36. The van der Waals surface area contributed by atoms with Gasteiger partial charge < -0.3 is 4.74 Å². The van der Waals surface area contributed by atoms with Crippen molar-refractivity contribution in [3.8, 4) is 5.75 Å². The number of aromatic amines is 1. The number of methoxy groups -OCH3 is 1. The molecular formula is C26H22N6O2S. The number of amides is 1. The van der Waals surface area contributed by atoms with Crippen LogP contribution in [-0.4, -0.2) is 49.1 Å². The number of H-pyrrole nitrogens is 1. The van der Waals surface area contributed by atoms with Gasteiger partial charge in [0.15, 0.2) is 5.16 Å². The van der Waals surface area contributed by atoms with Gasteiger partial charge in [-0.2, -0.15) is 5.10 Å². The number of carbonyl (C=O) groups excluding carboxylic acids is 1. The number of aromatic nitrogens is 4. The average Bonchev–Trinajstić information content (AvgIpc) is 3.62. The topological polar surface area (TPSA) is 87.9 Å². The van der Waals surface area contributed by atoms with E-state index in [4.69, 9.17) is 9.84 Å². The summed E-state index contributed by atoms with van der Waals surface area (Å²) in [4.78, 5) is 18.0. The summed E-state index contributed by atoms with van der Waals surface area (Å²) < 4.78 is 7.25. The first kappa shape index (κ1) is 21.4. The van der Waals surface area contributed by atoms with Crippen molar-refractivity contribution in [3.05, 3.63) is 90.0 Å². The Hall–Kier alpha value is -4.11. The normalized spacial score (nSPS) is 15.6. The van der Waals surface area contributed by atoms with Gasteiger partial charge in [-0.3, -0.25) is 9.20 Å². The maximum absolute atomic E-state index is 13.5. The van der Waals surface area contributed by atoms with Gasteiger partial charge in [-0.25, -0.2) is 15.1 Å². The SMILES string of the molecule is COc1ccc([C@H]2CC(c3ccccc3)=NN2C(=O)CSc2n[nH]c3nc4ccccc4n23)cc1. The third kappa shape index (κ3) is 3.93. The monoisotopic (exact) mass is 482 g/mol. The second kappa shape index (κ2) is 8.92. The average molecular weight is 483 g/mol. The summed E-state index contributed by atoms with van der Waals surface area (Å²) in [6.45, 7) is 0. The molecule has 0 fully saturated rings. The van der Waals surface area contributed by atoms with Crippen LogP contribution < -0.4 is 4.74 Å². The summed E-state index contributed by atoms with van der Waals surface area (Å²) in [5, 5.41) is 14.4. The van der Waals surface area contributed by atoms with Gasteiger partial charge in [0.2, 0.25) is 5.78 Å². The van der Waals surface area contributed by atoms with Crippen molar-refractivity contribution in [2.75, 3.05) is 12.9 Å². The Labute approximate surface area is 205 Å². The van der Waals surface area contributed by atoms with E-state index < -0.39 is 0 Å². The van der Waals surface area contributed by atoms with Gasteiger partial charge >= 0.3 is 0 Å². The number of hydrogen-bond acceptors (Lipinski definition) is 6. The zero-order valence-electron chi connectivity index (χ0n) is 19.0. The number of hydrogen-bond donors (Lipinski definition) is 1. The quantitative estimate of drug-likeness (QED) is 0.355. The van der Waals surface area contributed by atoms with Crippen LogP contribution in [0.3, 0.4) is 0 Å². The molecule has 1 N–H and O–H groups in total. The van der Waals surface area contributed by atoms with Gasteiger partial charge in [-0.1, -0.05) is 66.4 Å². The molecule has 35 heavy (non-hydrogen) atoms. The van der Waals surface area contributed by atoms with Crippen LogP contribution in [0.2, 0.25) is 0 Å². The largest absolute Gasteiger partial charge is 0.497 e. The molecule has 6 rings (SSSR count). The number of ether oxygens (including phenoxy) is 1. The lowest BCUT2D eigenvalue weighted by Gasteiger charge is -2.22. The third-order valence-electron chi connectivity index (χ3n) is 6.10. The van der Waals surface area contributed by atoms with Crippen LogP contribution in [0.4, 0.5) is 0 Å². The second-order valence-electron chi connectivity index (χ2n) is 8.20. The fourth-order valence-corrected chi connectivity index (χ4v) is 5.17. The molecule has 1 amide bonds. The van der Waals surface area contributed by atoms with Gasteiger partial charge in [0, 0.05) is 6.42 Å². The van der Waals surface area contributed by atoms with Crippen LogP contribution in [-0.2, 0) is 4.79 Å². The molecule has 2 aromatic heterocycles. The summed E-state index contributed by atoms with van der Waals surface area (Å²) in [5.74, 6) is 1.55. The van der Waals surface area contributed by atoms with E-state index in [0.29, 0.717) is 17.4 Å². The van der Waals surface area contributed by atoms with Crippen molar-refractivity contribution in [2.45, 2.75) is 17.6 Å². The number of thioether (sulfide) groups is 1. The highest BCUT2D eigenvalue weighted by Crippen LogP contribution is 2.34. The molecule has 1 aliphatic heterocycles. The summed E-state index contributed by atoms with van der Waals surface area (Å²) in [6, 6.07) is 25.5. The molecule has 0 saturated carbocycles. The molecule has 0 aliphatic carbocycles. The van der Waals surface area contributed by atoms with Gasteiger partial charge in [0.1, 0.15) is 5.75 Å². The lowest BCUT2D eigenvalue weighted by Crippen LogP contribution is -2.28. The van der Waals surface area contributed by atoms with Crippen LogP contribution in [0.1, 0.15) is 23.6 Å². The predicted molar refractivity (Wildman–Crippen MR) is 136 cm³/mol. The maximum atomic E-state index is 13.5. The number of hydrazone groups is 1. The van der Waals surface area contributed by atoms with Crippen LogP contribution in [0.15, 0.2) is 89.1 Å². The second-order valence-corrected chi connectivity index (χ2v) is 9.14. The van der Waals surface area contributed by atoms with E-state index in [-0.39, 0.29) is 17.7 Å². The Morgan fingerprint density at radius 2 is 1.83 bits per heavy atom. The number of nitrogens with one attached hydrogen (secondary N) is 1. The number of fused-ring (bicyclic) bond motifs is 3. The minimum Gasteiger partial charge on any atom is -0.497 e.